The molecule has 0 saturated heterocycles. The van der Waals surface area contributed by atoms with Crippen molar-refractivity contribution in [1.82, 2.24) is 4.98 Å². The van der Waals surface area contributed by atoms with Crippen molar-refractivity contribution in [3.63, 3.8) is 0 Å². The number of hydrogen-bond acceptors (Lipinski definition) is 2. The highest BCUT2D eigenvalue weighted by atomic mass is 35.5. The van der Waals surface area contributed by atoms with Crippen LogP contribution in [-0.2, 0) is 17.5 Å². The predicted octanol–water partition coefficient (Wildman–Crippen LogP) is 0.904. The third kappa shape index (κ3) is 6.26. The molecule has 0 spiro atoms. The minimum absolute atomic E-state index is 0. The van der Waals surface area contributed by atoms with E-state index in [9.17, 15) is 14.4 Å². The van der Waals surface area contributed by atoms with Crippen molar-refractivity contribution in [2.24, 2.45) is 0 Å². The highest BCUT2D eigenvalue weighted by Crippen LogP contribution is 2.35. The lowest BCUT2D eigenvalue weighted by Gasteiger charge is -2.12. The molecule has 0 aliphatic heterocycles. The fraction of sp³-hybridized carbons (Fsp3) is 0.0833. The normalized spacial score (nSPS) is 10.7. The zero-order valence-electron chi connectivity index (χ0n) is 17.1. The van der Waals surface area contributed by atoms with Crippen LogP contribution in [0.25, 0.3) is 11.1 Å². The molecule has 32 heavy (non-hydrogen) atoms. The summed E-state index contributed by atoms with van der Waals surface area (Å²) in [6.45, 7) is 0.672. The first-order chi connectivity index (χ1) is 14.5. The summed E-state index contributed by atoms with van der Waals surface area (Å²) in [6.07, 6.45) is 5.94. The summed E-state index contributed by atoms with van der Waals surface area (Å²) in [5.41, 5.74) is 4.82. The molecule has 2 heterocycles. The maximum Gasteiger partial charge on any atom is 0.356 e. The zero-order valence-corrected chi connectivity index (χ0v) is 19.5. The van der Waals surface area contributed by atoms with Gasteiger partial charge in [-0.15, -0.1) is 12.4 Å². The Hall–Kier alpha value is -2.53. The Bertz CT molecular complexity index is 1200. The van der Waals surface area contributed by atoms with Gasteiger partial charge in [0.25, 0.3) is 0 Å². The summed E-state index contributed by atoms with van der Waals surface area (Å²) < 4.78 is 14.1. The van der Waals surface area contributed by atoms with Gasteiger partial charge >= 0.3 is 7.60 Å². The molecule has 0 radical (unpaired) electrons. The molecule has 4 aromatic rings. The Labute approximate surface area is 199 Å². The van der Waals surface area contributed by atoms with Crippen molar-refractivity contribution in [2.75, 3.05) is 0 Å². The number of rotatable bonds is 6. The molecule has 2 aromatic heterocycles. The summed E-state index contributed by atoms with van der Waals surface area (Å²) in [6, 6.07) is 24.9. The summed E-state index contributed by atoms with van der Waals surface area (Å²) in [4.78, 5) is 23.6. The van der Waals surface area contributed by atoms with Crippen LogP contribution in [0.15, 0.2) is 97.5 Å². The molecule has 0 fully saturated rings. The van der Waals surface area contributed by atoms with E-state index in [2.05, 4.69) is 33.8 Å². The summed E-state index contributed by atoms with van der Waals surface area (Å²) in [7, 11) is -4.36. The minimum Gasteiger partial charge on any atom is -1.00 e. The van der Waals surface area contributed by atoms with Crippen molar-refractivity contribution in [3.05, 3.63) is 114 Å². The predicted molar refractivity (Wildman–Crippen MR) is 124 cm³/mol. The minimum atomic E-state index is -4.36. The monoisotopic (exact) mass is 488 g/mol. The van der Waals surface area contributed by atoms with Crippen LogP contribution in [0.4, 0.5) is 0 Å². The second-order valence-electron chi connectivity index (χ2n) is 7.11. The fourth-order valence-electron chi connectivity index (χ4n) is 3.53. The number of pyridine rings is 2. The standard InChI is InChI=1S/C24H21N2O3P.2ClH/c27-30(28,29)24-9-5-4-8-22(24)17-23-16-21(20-10-13-25-14-11-20)12-15-26(23)18-19-6-2-1-3-7-19;;/h1-16H,17-18H2,(H-,27,28,29);2*1H. The van der Waals surface area contributed by atoms with Gasteiger partial charge in [-0.05, 0) is 34.9 Å². The second-order valence-corrected chi connectivity index (χ2v) is 8.68. The summed E-state index contributed by atoms with van der Waals surface area (Å²) in [5.74, 6) is 0. The van der Waals surface area contributed by atoms with Gasteiger partial charge in [-0.2, -0.15) is 4.57 Å². The lowest BCUT2D eigenvalue weighted by atomic mass is 10.0. The van der Waals surface area contributed by atoms with E-state index < -0.39 is 7.60 Å². The Morgan fingerprint density at radius 2 is 1.50 bits per heavy atom. The van der Waals surface area contributed by atoms with Gasteiger partial charge in [-0.25, -0.2) is 0 Å². The van der Waals surface area contributed by atoms with Gasteiger partial charge < -0.3 is 22.2 Å². The summed E-state index contributed by atoms with van der Waals surface area (Å²) >= 11 is 0. The summed E-state index contributed by atoms with van der Waals surface area (Å²) in [5, 5.41) is 0.0746. The van der Waals surface area contributed by atoms with Crippen molar-refractivity contribution in [1.29, 1.82) is 0 Å². The smallest absolute Gasteiger partial charge is 0.356 e. The first kappa shape index (κ1) is 25.7. The van der Waals surface area contributed by atoms with Gasteiger partial charge in [0.2, 0.25) is 0 Å². The highest BCUT2D eigenvalue weighted by Gasteiger charge is 2.23. The van der Waals surface area contributed by atoms with Crippen LogP contribution in [0.3, 0.4) is 0 Å². The number of hydrogen-bond donors (Lipinski definition) is 2. The van der Waals surface area contributed by atoms with Crippen LogP contribution in [0, 0.1) is 0 Å². The van der Waals surface area contributed by atoms with E-state index in [1.54, 1.807) is 24.5 Å². The number of aromatic nitrogens is 2. The first-order valence-electron chi connectivity index (χ1n) is 9.61. The van der Waals surface area contributed by atoms with E-state index in [-0.39, 0.29) is 30.1 Å². The molecule has 166 valence electrons. The van der Waals surface area contributed by atoms with E-state index in [4.69, 9.17) is 0 Å². The number of benzene rings is 2. The average Bonchev–Trinajstić information content (AvgIpc) is 2.76. The molecule has 0 atom stereocenters. The van der Waals surface area contributed by atoms with Crippen LogP contribution >= 0.6 is 20.0 Å². The third-order valence-corrected chi connectivity index (χ3v) is 6.08. The Kier molecular flexibility index (Phi) is 9.14. The molecule has 0 amide bonds. The molecular formula is C24H23Cl2N2O3P. The Balaban J connectivity index is 0.00000181. The van der Waals surface area contributed by atoms with Gasteiger partial charge in [0.05, 0.1) is 11.7 Å². The van der Waals surface area contributed by atoms with Gasteiger partial charge in [0.1, 0.15) is 0 Å². The van der Waals surface area contributed by atoms with Crippen LogP contribution in [0.1, 0.15) is 16.8 Å². The third-order valence-electron chi connectivity index (χ3n) is 5.01. The zero-order chi connectivity index (χ0) is 21.0. The lowest BCUT2D eigenvalue weighted by Crippen LogP contribution is -3.00. The van der Waals surface area contributed by atoms with Gasteiger partial charge in [0, 0.05) is 30.1 Å². The van der Waals surface area contributed by atoms with E-state index in [0.29, 0.717) is 18.5 Å². The van der Waals surface area contributed by atoms with E-state index in [1.165, 1.54) is 6.07 Å². The number of halogens is 2. The molecule has 2 N–H and O–H groups in total. The molecule has 0 bridgehead atoms. The molecule has 0 saturated carbocycles. The molecular weight excluding hydrogens is 466 g/mol. The van der Waals surface area contributed by atoms with Crippen molar-refractivity contribution < 1.29 is 31.3 Å². The van der Waals surface area contributed by atoms with E-state index in [1.807, 2.05) is 42.6 Å². The maximum absolute atomic E-state index is 12.0. The molecule has 0 aliphatic carbocycles. The maximum atomic E-state index is 12.0. The SMILES string of the molecule is Cl.O=P(O)(O)c1ccccc1Cc1cc(-c2ccncc2)cc[n+]1Cc1ccccc1.[Cl-]. The molecule has 2 aromatic carbocycles. The van der Waals surface area contributed by atoms with Crippen LogP contribution in [0.5, 0.6) is 0 Å². The largest absolute Gasteiger partial charge is 1.00 e. The molecule has 8 heteroatoms. The molecule has 0 aliphatic rings. The van der Waals surface area contributed by atoms with Crippen molar-refractivity contribution >= 4 is 25.3 Å². The average molecular weight is 489 g/mol. The van der Waals surface area contributed by atoms with E-state index >= 15 is 0 Å². The first-order valence-corrected chi connectivity index (χ1v) is 11.2. The van der Waals surface area contributed by atoms with Crippen molar-refractivity contribution in [2.45, 2.75) is 13.0 Å². The molecule has 0 unspecified atom stereocenters. The Morgan fingerprint density at radius 3 is 2.19 bits per heavy atom. The topological polar surface area (TPSA) is 74.3 Å². The lowest BCUT2D eigenvalue weighted by molar-refractivity contribution is -0.695. The van der Waals surface area contributed by atoms with Crippen LogP contribution in [-0.4, -0.2) is 14.8 Å². The van der Waals surface area contributed by atoms with Crippen molar-refractivity contribution in [3.8, 4) is 11.1 Å². The fourth-order valence-corrected chi connectivity index (χ4v) is 4.34. The second kappa shape index (κ2) is 11.4. The van der Waals surface area contributed by atoms with Gasteiger partial charge in [0.15, 0.2) is 18.4 Å². The van der Waals surface area contributed by atoms with Gasteiger partial charge in [-0.1, -0.05) is 48.5 Å². The molecule has 5 nitrogen and oxygen atoms in total. The van der Waals surface area contributed by atoms with Crippen LogP contribution in [0.2, 0.25) is 0 Å². The van der Waals surface area contributed by atoms with Gasteiger partial charge in [-0.3, -0.25) is 9.55 Å². The quantitative estimate of drug-likeness (QED) is 0.312. The van der Waals surface area contributed by atoms with E-state index in [0.717, 1.165) is 22.4 Å². The Morgan fingerprint density at radius 1 is 0.844 bits per heavy atom. The molecule has 4 rings (SSSR count). The van der Waals surface area contributed by atoms with Crippen LogP contribution < -0.4 is 22.3 Å². The highest BCUT2D eigenvalue weighted by molar-refractivity contribution is 7.60. The number of nitrogens with zero attached hydrogens (tertiary/aromatic N) is 2.